The molecule has 3 N–H and O–H groups in total. The fraction of sp³-hybridized carbons (Fsp3) is 0.444. The standard InChI is InChI=1S/C18H24N4O2/c1-22-12-15(11-19-22)20-17(24)21-16(14-7-3-2-4-8-14)18(13-23)9-5-6-10-18/h2-4,7-8,11-12,16,23H,5-6,9-10,13H2,1H3,(H2,20,21,24). The molecule has 24 heavy (non-hydrogen) atoms. The van der Waals surface area contributed by atoms with Crippen molar-refractivity contribution >= 4 is 11.7 Å². The fourth-order valence-electron chi connectivity index (χ4n) is 3.64. The number of nitrogens with one attached hydrogen (secondary N) is 2. The molecule has 1 fully saturated rings. The summed E-state index contributed by atoms with van der Waals surface area (Å²) in [7, 11) is 1.80. The van der Waals surface area contributed by atoms with Gasteiger partial charge in [-0.05, 0) is 18.4 Å². The molecule has 2 amide bonds. The average Bonchev–Trinajstić information content (AvgIpc) is 3.23. The molecule has 0 bridgehead atoms. The molecule has 1 unspecified atom stereocenters. The van der Waals surface area contributed by atoms with Crippen LogP contribution in [0.15, 0.2) is 42.7 Å². The molecule has 0 aliphatic heterocycles. The lowest BCUT2D eigenvalue weighted by Gasteiger charge is -2.37. The van der Waals surface area contributed by atoms with Gasteiger partial charge in [-0.3, -0.25) is 4.68 Å². The number of hydrogen-bond acceptors (Lipinski definition) is 3. The summed E-state index contributed by atoms with van der Waals surface area (Å²) in [4.78, 5) is 12.5. The number of nitrogens with zero attached hydrogens (tertiary/aromatic N) is 2. The molecule has 0 radical (unpaired) electrons. The Morgan fingerprint density at radius 3 is 2.62 bits per heavy atom. The van der Waals surface area contributed by atoms with Gasteiger partial charge in [0.25, 0.3) is 0 Å². The summed E-state index contributed by atoms with van der Waals surface area (Å²) < 4.78 is 1.64. The Labute approximate surface area is 141 Å². The Kier molecular flexibility index (Phi) is 4.85. The van der Waals surface area contributed by atoms with Crippen LogP contribution in [0.2, 0.25) is 0 Å². The lowest BCUT2D eigenvalue weighted by atomic mass is 9.76. The van der Waals surface area contributed by atoms with Crippen molar-refractivity contribution in [2.24, 2.45) is 12.5 Å². The van der Waals surface area contributed by atoms with Gasteiger partial charge in [0.2, 0.25) is 0 Å². The summed E-state index contributed by atoms with van der Waals surface area (Å²) in [6.07, 6.45) is 7.33. The smallest absolute Gasteiger partial charge is 0.319 e. The first-order valence-corrected chi connectivity index (χ1v) is 8.35. The van der Waals surface area contributed by atoms with Crippen molar-refractivity contribution in [1.82, 2.24) is 15.1 Å². The van der Waals surface area contributed by atoms with Crippen LogP contribution >= 0.6 is 0 Å². The van der Waals surface area contributed by atoms with Gasteiger partial charge in [-0.15, -0.1) is 0 Å². The zero-order valence-corrected chi connectivity index (χ0v) is 13.9. The Hall–Kier alpha value is -2.34. The summed E-state index contributed by atoms with van der Waals surface area (Å²) in [5.41, 5.74) is 1.37. The molecule has 128 valence electrons. The highest BCUT2D eigenvalue weighted by Crippen LogP contribution is 2.47. The third-order valence-electron chi connectivity index (χ3n) is 4.90. The highest BCUT2D eigenvalue weighted by Gasteiger charge is 2.42. The number of hydrogen-bond donors (Lipinski definition) is 3. The lowest BCUT2D eigenvalue weighted by Crippen LogP contribution is -2.43. The minimum Gasteiger partial charge on any atom is -0.396 e. The van der Waals surface area contributed by atoms with Crippen molar-refractivity contribution in [3.8, 4) is 0 Å². The van der Waals surface area contributed by atoms with E-state index in [9.17, 15) is 9.90 Å². The van der Waals surface area contributed by atoms with Gasteiger partial charge in [0.1, 0.15) is 0 Å². The van der Waals surface area contributed by atoms with E-state index in [1.54, 1.807) is 24.1 Å². The molecule has 1 aromatic carbocycles. The largest absolute Gasteiger partial charge is 0.396 e. The van der Waals surface area contributed by atoms with Crippen molar-refractivity contribution in [1.29, 1.82) is 0 Å². The predicted octanol–water partition coefficient (Wildman–Crippen LogP) is 2.84. The maximum Gasteiger partial charge on any atom is 0.319 e. The normalized spacial score (nSPS) is 17.4. The molecule has 0 saturated heterocycles. The number of aliphatic hydroxyl groups excluding tert-OH is 1. The second kappa shape index (κ2) is 7.05. The molecule has 3 rings (SSSR count). The molecular weight excluding hydrogens is 304 g/mol. The van der Waals surface area contributed by atoms with Gasteiger partial charge >= 0.3 is 6.03 Å². The molecule has 1 aromatic heterocycles. The molecule has 1 aliphatic rings. The van der Waals surface area contributed by atoms with Crippen LogP contribution in [0.5, 0.6) is 0 Å². The number of carbonyl (C=O) groups excluding carboxylic acids is 1. The van der Waals surface area contributed by atoms with E-state index in [0.29, 0.717) is 5.69 Å². The highest BCUT2D eigenvalue weighted by atomic mass is 16.3. The monoisotopic (exact) mass is 328 g/mol. The van der Waals surface area contributed by atoms with Gasteiger partial charge in [-0.25, -0.2) is 4.79 Å². The zero-order valence-electron chi connectivity index (χ0n) is 13.9. The van der Waals surface area contributed by atoms with Crippen molar-refractivity contribution in [2.75, 3.05) is 11.9 Å². The molecule has 1 atom stereocenters. The summed E-state index contributed by atoms with van der Waals surface area (Å²) in [5, 5.41) is 20.0. The van der Waals surface area contributed by atoms with E-state index in [2.05, 4.69) is 15.7 Å². The Balaban J connectivity index is 1.81. The number of anilines is 1. The predicted molar refractivity (Wildman–Crippen MR) is 92.5 cm³/mol. The second-order valence-electron chi connectivity index (χ2n) is 6.57. The second-order valence-corrected chi connectivity index (χ2v) is 6.57. The molecule has 2 aromatic rings. The third kappa shape index (κ3) is 3.43. The number of rotatable bonds is 5. The van der Waals surface area contributed by atoms with Crippen LogP contribution in [-0.2, 0) is 7.05 Å². The van der Waals surface area contributed by atoms with Gasteiger partial charge in [-0.1, -0.05) is 43.2 Å². The van der Waals surface area contributed by atoms with Gasteiger partial charge in [-0.2, -0.15) is 5.10 Å². The lowest BCUT2D eigenvalue weighted by molar-refractivity contribution is 0.0904. The quantitative estimate of drug-likeness (QED) is 0.789. The minimum absolute atomic E-state index is 0.0692. The first-order chi connectivity index (χ1) is 11.6. The molecule has 1 saturated carbocycles. The number of aromatic nitrogens is 2. The highest BCUT2D eigenvalue weighted by molar-refractivity contribution is 5.89. The van der Waals surface area contributed by atoms with Crippen LogP contribution in [0.3, 0.4) is 0 Å². The van der Waals surface area contributed by atoms with Crippen LogP contribution in [-0.4, -0.2) is 27.5 Å². The summed E-state index contributed by atoms with van der Waals surface area (Å²) >= 11 is 0. The maximum absolute atomic E-state index is 12.5. The van der Waals surface area contributed by atoms with E-state index in [-0.39, 0.29) is 24.1 Å². The van der Waals surface area contributed by atoms with Gasteiger partial charge in [0.05, 0.1) is 24.5 Å². The summed E-state index contributed by atoms with van der Waals surface area (Å²) in [6, 6.07) is 9.39. The molecular formula is C18H24N4O2. The number of aliphatic hydroxyl groups is 1. The number of carbonyl (C=O) groups is 1. The van der Waals surface area contributed by atoms with Crippen LogP contribution in [0.4, 0.5) is 10.5 Å². The van der Waals surface area contributed by atoms with E-state index >= 15 is 0 Å². The van der Waals surface area contributed by atoms with E-state index in [4.69, 9.17) is 0 Å². The van der Waals surface area contributed by atoms with E-state index in [1.165, 1.54) is 0 Å². The minimum atomic E-state index is -0.298. The van der Waals surface area contributed by atoms with Gasteiger partial charge in [0.15, 0.2) is 0 Å². The Morgan fingerprint density at radius 2 is 2.04 bits per heavy atom. The molecule has 6 nitrogen and oxygen atoms in total. The molecule has 1 aliphatic carbocycles. The van der Waals surface area contributed by atoms with Crippen LogP contribution < -0.4 is 10.6 Å². The van der Waals surface area contributed by atoms with Crippen molar-refractivity contribution in [2.45, 2.75) is 31.7 Å². The molecule has 0 spiro atoms. The van der Waals surface area contributed by atoms with Gasteiger partial charge < -0.3 is 15.7 Å². The van der Waals surface area contributed by atoms with E-state index in [0.717, 1.165) is 31.2 Å². The summed E-state index contributed by atoms with van der Waals surface area (Å²) in [5.74, 6) is 0. The number of urea groups is 1. The Morgan fingerprint density at radius 1 is 1.33 bits per heavy atom. The Bertz CT molecular complexity index is 677. The van der Waals surface area contributed by atoms with Crippen molar-refractivity contribution in [3.05, 3.63) is 48.3 Å². The van der Waals surface area contributed by atoms with Crippen molar-refractivity contribution < 1.29 is 9.90 Å². The zero-order chi connectivity index (χ0) is 17.0. The number of amides is 2. The number of benzene rings is 1. The van der Waals surface area contributed by atoms with Crippen molar-refractivity contribution in [3.63, 3.8) is 0 Å². The van der Waals surface area contributed by atoms with Gasteiger partial charge in [0, 0.05) is 18.7 Å². The molecule has 6 heteroatoms. The van der Waals surface area contributed by atoms with Crippen LogP contribution in [0, 0.1) is 5.41 Å². The average molecular weight is 328 g/mol. The SMILES string of the molecule is Cn1cc(NC(=O)NC(c2ccccc2)C2(CO)CCCC2)cn1. The first kappa shape index (κ1) is 16.5. The molecule has 1 heterocycles. The topological polar surface area (TPSA) is 79.2 Å². The van der Waals surface area contributed by atoms with Crippen LogP contribution in [0.1, 0.15) is 37.3 Å². The first-order valence-electron chi connectivity index (χ1n) is 8.35. The van der Waals surface area contributed by atoms with E-state index < -0.39 is 0 Å². The maximum atomic E-state index is 12.5. The van der Waals surface area contributed by atoms with Crippen LogP contribution in [0.25, 0.3) is 0 Å². The number of aryl methyl sites for hydroxylation is 1. The fourth-order valence-corrected chi connectivity index (χ4v) is 3.64. The summed E-state index contributed by atoms with van der Waals surface area (Å²) in [6.45, 7) is 0.0692. The third-order valence-corrected chi connectivity index (χ3v) is 4.90. The van der Waals surface area contributed by atoms with E-state index in [1.807, 2.05) is 30.3 Å².